The highest BCUT2D eigenvalue weighted by molar-refractivity contribution is 9.10. The first-order valence-electron chi connectivity index (χ1n) is 11.4. The van der Waals surface area contributed by atoms with Gasteiger partial charge in [0.25, 0.3) is 0 Å². The van der Waals surface area contributed by atoms with E-state index in [4.69, 9.17) is 9.47 Å². The standard InChI is InChI=1S/C24H35BrF2O4/c1-2-3-4-9-12-15-30-23(28)13-10-7-5-6-8-11-14-24(29)31-18-20-21(26)16-19(25)17-22(20)27/h16-17H,2-15,18H2,1H3. The molecule has 176 valence electrons. The van der Waals surface area contributed by atoms with Crippen molar-refractivity contribution in [2.24, 2.45) is 0 Å². The molecular formula is C24H35BrF2O4. The minimum atomic E-state index is -0.740. The minimum Gasteiger partial charge on any atom is -0.466 e. The van der Waals surface area contributed by atoms with Crippen molar-refractivity contribution in [3.8, 4) is 0 Å². The Balaban J connectivity index is 1.97. The van der Waals surface area contributed by atoms with Gasteiger partial charge in [-0.1, -0.05) is 74.2 Å². The summed E-state index contributed by atoms with van der Waals surface area (Å²) >= 11 is 3.01. The minimum absolute atomic E-state index is 0.114. The van der Waals surface area contributed by atoms with Crippen LogP contribution in [0.3, 0.4) is 0 Å². The van der Waals surface area contributed by atoms with E-state index in [9.17, 15) is 18.4 Å². The van der Waals surface area contributed by atoms with E-state index in [1.807, 2.05) is 0 Å². The molecule has 0 aliphatic rings. The van der Waals surface area contributed by atoms with Crippen LogP contribution in [0, 0.1) is 11.6 Å². The van der Waals surface area contributed by atoms with Crippen LogP contribution in [-0.4, -0.2) is 18.5 Å². The van der Waals surface area contributed by atoms with Crippen LogP contribution in [0.5, 0.6) is 0 Å². The second kappa shape index (κ2) is 17.1. The van der Waals surface area contributed by atoms with Crippen LogP contribution in [-0.2, 0) is 25.7 Å². The highest BCUT2D eigenvalue weighted by Gasteiger charge is 2.13. The highest BCUT2D eigenvalue weighted by atomic mass is 79.9. The molecule has 1 aromatic carbocycles. The van der Waals surface area contributed by atoms with Crippen LogP contribution in [0.2, 0.25) is 0 Å². The summed E-state index contributed by atoms with van der Waals surface area (Å²) in [6.07, 6.45) is 11.7. The quantitative estimate of drug-likeness (QED) is 0.164. The lowest BCUT2D eigenvalue weighted by Crippen LogP contribution is -2.07. The van der Waals surface area contributed by atoms with Crippen molar-refractivity contribution in [1.82, 2.24) is 0 Å². The molecular weight excluding hydrogens is 470 g/mol. The van der Waals surface area contributed by atoms with Crippen molar-refractivity contribution in [1.29, 1.82) is 0 Å². The summed E-state index contributed by atoms with van der Waals surface area (Å²) < 4.78 is 37.9. The van der Waals surface area contributed by atoms with Gasteiger partial charge in [0, 0.05) is 17.3 Å². The SMILES string of the molecule is CCCCCCCOC(=O)CCCCCCCCC(=O)OCc1c(F)cc(Br)cc1F. The Morgan fingerprint density at radius 3 is 1.84 bits per heavy atom. The van der Waals surface area contributed by atoms with Crippen molar-refractivity contribution >= 4 is 27.9 Å². The fourth-order valence-corrected chi connectivity index (χ4v) is 3.55. The topological polar surface area (TPSA) is 52.6 Å². The van der Waals surface area contributed by atoms with Crippen molar-refractivity contribution in [3.05, 3.63) is 33.8 Å². The number of hydrogen-bond acceptors (Lipinski definition) is 4. The van der Waals surface area contributed by atoms with E-state index in [-0.39, 0.29) is 18.0 Å². The number of benzene rings is 1. The van der Waals surface area contributed by atoms with Gasteiger partial charge in [-0.2, -0.15) is 0 Å². The normalized spacial score (nSPS) is 10.8. The number of hydrogen-bond donors (Lipinski definition) is 0. The van der Waals surface area contributed by atoms with Gasteiger partial charge in [0.15, 0.2) is 0 Å². The fraction of sp³-hybridized carbons (Fsp3) is 0.667. The predicted molar refractivity (Wildman–Crippen MR) is 121 cm³/mol. The number of carbonyl (C=O) groups excluding carboxylic acids is 2. The summed E-state index contributed by atoms with van der Waals surface area (Å²) in [7, 11) is 0. The number of rotatable bonds is 17. The molecule has 0 aromatic heterocycles. The molecule has 0 N–H and O–H groups in total. The molecule has 31 heavy (non-hydrogen) atoms. The first-order valence-corrected chi connectivity index (χ1v) is 12.2. The van der Waals surface area contributed by atoms with E-state index in [0.29, 0.717) is 23.9 Å². The Morgan fingerprint density at radius 1 is 0.774 bits per heavy atom. The Bertz CT molecular complexity index is 644. The van der Waals surface area contributed by atoms with Crippen LogP contribution in [0.25, 0.3) is 0 Å². The molecule has 0 saturated heterocycles. The summed E-state index contributed by atoms with van der Waals surface area (Å²) in [6, 6.07) is 2.28. The lowest BCUT2D eigenvalue weighted by atomic mass is 10.1. The van der Waals surface area contributed by atoms with Crippen molar-refractivity contribution in [2.75, 3.05) is 6.61 Å². The van der Waals surface area contributed by atoms with Crippen molar-refractivity contribution < 1.29 is 27.8 Å². The number of carbonyl (C=O) groups is 2. The van der Waals surface area contributed by atoms with E-state index >= 15 is 0 Å². The molecule has 0 spiro atoms. The van der Waals surface area contributed by atoms with Gasteiger partial charge in [-0.05, 0) is 31.4 Å². The third kappa shape index (κ3) is 13.5. The van der Waals surface area contributed by atoms with Crippen molar-refractivity contribution in [2.45, 2.75) is 97.0 Å². The second-order valence-electron chi connectivity index (χ2n) is 7.76. The van der Waals surface area contributed by atoms with Gasteiger partial charge in [-0.3, -0.25) is 9.59 Å². The smallest absolute Gasteiger partial charge is 0.306 e. The molecule has 0 atom stereocenters. The van der Waals surface area contributed by atoms with Gasteiger partial charge in [-0.15, -0.1) is 0 Å². The van der Waals surface area contributed by atoms with Crippen LogP contribution in [0.15, 0.2) is 16.6 Å². The van der Waals surface area contributed by atoms with Gasteiger partial charge in [0.2, 0.25) is 0 Å². The molecule has 0 fully saturated rings. The maximum atomic E-state index is 13.7. The van der Waals surface area contributed by atoms with E-state index in [2.05, 4.69) is 22.9 Å². The molecule has 1 aromatic rings. The average molecular weight is 505 g/mol. The maximum absolute atomic E-state index is 13.7. The van der Waals surface area contributed by atoms with Gasteiger partial charge < -0.3 is 9.47 Å². The molecule has 0 radical (unpaired) electrons. The number of esters is 2. The second-order valence-corrected chi connectivity index (χ2v) is 8.68. The largest absolute Gasteiger partial charge is 0.466 e. The molecule has 0 amide bonds. The van der Waals surface area contributed by atoms with Gasteiger partial charge in [0.1, 0.15) is 18.2 Å². The summed E-state index contributed by atoms with van der Waals surface area (Å²) in [6.45, 7) is 2.30. The Hall–Kier alpha value is -1.50. The zero-order valence-electron chi connectivity index (χ0n) is 18.5. The lowest BCUT2D eigenvalue weighted by Gasteiger charge is -2.08. The molecule has 0 heterocycles. The zero-order valence-corrected chi connectivity index (χ0v) is 20.1. The fourth-order valence-electron chi connectivity index (χ4n) is 3.14. The van der Waals surface area contributed by atoms with Crippen LogP contribution in [0.4, 0.5) is 8.78 Å². The third-order valence-electron chi connectivity index (χ3n) is 5.01. The molecule has 0 saturated carbocycles. The Labute approximate surface area is 193 Å². The molecule has 0 bridgehead atoms. The summed E-state index contributed by atoms with van der Waals surface area (Å²) in [5, 5.41) is 0. The zero-order chi connectivity index (χ0) is 22.9. The van der Waals surface area contributed by atoms with Gasteiger partial charge in [0.05, 0.1) is 12.2 Å². The number of ether oxygens (including phenoxy) is 2. The Morgan fingerprint density at radius 2 is 1.26 bits per heavy atom. The monoisotopic (exact) mass is 504 g/mol. The van der Waals surface area contributed by atoms with Gasteiger partial charge in [-0.25, -0.2) is 8.78 Å². The predicted octanol–water partition coefficient (Wildman–Crippen LogP) is 7.40. The molecule has 0 aliphatic heterocycles. The summed E-state index contributed by atoms with van der Waals surface area (Å²) in [5.74, 6) is -2.05. The lowest BCUT2D eigenvalue weighted by molar-refractivity contribution is -0.145. The molecule has 0 aliphatic carbocycles. The van der Waals surface area contributed by atoms with E-state index in [0.717, 1.165) is 57.1 Å². The van der Waals surface area contributed by atoms with Crippen LogP contribution < -0.4 is 0 Å². The van der Waals surface area contributed by atoms with Crippen molar-refractivity contribution in [3.63, 3.8) is 0 Å². The molecule has 0 unspecified atom stereocenters. The first kappa shape index (κ1) is 27.5. The van der Waals surface area contributed by atoms with E-state index < -0.39 is 24.2 Å². The molecule has 7 heteroatoms. The van der Waals surface area contributed by atoms with Crippen LogP contribution in [0.1, 0.15) is 96.0 Å². The highest BCUT2D eigenvalue weighted by Crippen LogP contribution is 2.20. The molecule has 1 rings (SSSR count). The number of unbranched alkanes of at least 4 members (excludes halogenated alkanes) is 9. The molecule has 4 nitrogen and oxygen atoms in total. The van der Waals surface area contributed by atoms with E-state index in [1.165, 1.54) is 19.3 Å². The third-order valence-corrected chi connectivity index (χ3v) is 5.46. The Kier molecular flexibility index (Phi) is 15.2. The summed E-state index contributed by atoms with van der Waals surface area (Å²) in [4.78, 5) is 23.4. The maximum Gasteiger partial charge on any atom is 0.306 e. The number of halogens is 3. The summed E-state index contributed by atoms with van der Waals surface area (Å²) in [5.41, 5.74) is -0.244. The van der Waals surface area contributed by atoms with Crippen LogP contribution >= 0.6 is 15.9 Å². The van der Waals surface area contributed by atoms with Gasteiger partial charge >= 0.3 is 11.9 Å². The first-order chi connectivity index (χ1) is 14.9. The average Bonchev–Trinajstić information content (AvgIpc) is 2.71. The van der Waals surface area contributed by atoms with E-state index in [1.54, 1.807) is 0 Å².